The highest BCUT2D eigenvalue weighted by atomic mass is 32.2. The maximum absolute atomic E-state index is 12.3. The molecule has 0 aliphatic carbocycles. The number of aliphatic hydroxyl groups excluding tert-OH is 1. The van der Waals surface area contributed by atoms with Gasteiger partial charge in [0.05, 0.1) is 12.5 Å². The van der Waals surface area contributed by atoms with Gasteiger partial charge in [0.15, 0.2) is 0 Å². The van der Waals surface area contributed by atoms with Gasteiger partial charge in [0, 0.05) is 18.0 Å². The van der Waals surface area contributed by atoms with Crippen LogP contribution < -0.4 is 0 Å². The van der Waals surface area contributed by atoms with Crippen molar-refractivity contribution in [2.24, 2.45) is 0 Å². The van der Waals surface area contributed by atoms with Crippen molar-refractivity contribution in [1.29, 1.82) is 0 Å². The number of aliphatic carboxylic acids is 1. The largest absolute Gasteiger partial charge is 0.481 e. The van der Waals surface area contributed by atoms with E-state index in [2.05, 4.69) is 0 Å². The van der Waals surface area contributed by atoms with Crippen molar-refractivity contribution in [2.75, 3.05) is 13.1 Å². The second-order valence-corrected chi connectivity index (χ2v) is 7.78. The number of β-amino-alcohol motifs (C(OH)–C–C–N with tert-alkyl or cyclic N) is 1. The number of hydrogen-bond acceptors (Lipinski definition) is 5. The molecule has 2 heterocycles. The lowest BCUT2D eigenvalue weighted by Crippen LogP contribution is -2.41. The first kappa shape index (κ1) is 14.4. The lowest BCUT2D eigenvalue weighted by molar-refractivity contribution is -0.136. The van der Waals surface area contributed by atoms with E-state index in [1.165, 1.54) is 16.4 Å². The summed E-state index contributed by atoms with van der Waals surface area (Å²) in [5, 5.41) is 18.2. The van der Waals surface area contributed by atoms with Crippen LogP contribution in [0.3, 0.4) is 0 Å². The molecule has 0 spiro atoms. The Morgan fingerprint density at radius 2 is 2.21 bits per heavy atom. The predicted molar refractivity (Wildman–Crippen MR) is 69.7 cm³/mol. The van der Waals surface area contributed by atoms with Crippen LogP contribution in [0.1, 0.15) is 17.7 Å². The van der Waals surface area contributed by atoms with Gasteiger partial charge < -0.3 is 10.2 Å². The Bertz CT molecular complexity index is 565. The highest BCUT2D eigenvalue weighted by Crippen LogP contribution is 2.27. The van der Waals surface area contributed by atoms with E-state index in [4.69, 9.17) is 5.11 Å². The van der Waals surface area contributed by atoms with Crippen molar-refractivity contribution in [3.63, 3.8) is 0 Å². The van der Waals surface area contributed by atoms with Gasteiger partial charge in [-0.25, -0.2) is 8.42 Å². The fraction of sp³-hybridized carbons (Fsp3) is 0.545. The summed E-state index contributed by atoms with van der Waals surface area (Å²) >= 11 is 0.971. The molecule has 1 fully saturated rings. The Kier molecular flexibility index (Phi) is 4.24. The normalized spacial score (nSPS) is 21.4. The summed E-state index contributed by atoms with van der Waals surface area (Å²) in [6.45, 7) is 0.500. The Morgan fingerprint density at radius 1 is 1.47 bits per heavy atom. The summed E-state index contributed by atoms with van der Waals surface area (Å²) in [6.07, 6.45) is 0.444. The van der Waals surface area contributed by atoms with Crippen molar-refractivity contribution in [2.45, 2.75) is 29.6 Å². The number of nitrogens with zero attached hydrogens (tertiary/aromatic N) is 1. The third-order valence-corrected chi connectivity index (χ3v) is 6.33. The van der Waals surface area contributed by atoms with Gasteiger partial charge >= 0.3 is 5.97 Å². The van der Waals surface area contributed by atoms with Crippen molar-refractivity contribution in [3.05, 3.63) is 17.0 Å². The number of piperidine rings is 1. The summed E-state index contributed by atoms with van der Waals surface area (Å²) in [5.41, 5.74) is 0. The first-order valence-electron chi connectivity index (χ1n) is 5.88. The summed E-state index contributed by atoms with van der Waals surface area (Å²) < 4.78 is 26.0. The number of rotatable bonds is 4. The monoisotopic (exact) mass is 305 g/mol. The Morgan fingerprint density at radius 3 is 2.84 bits per heavy atom. The van der Waals surface area contributed by atoms with Gasteiger partial charge in [-0.15, -0.1) is 11.3 Å². The molecular weight excluding hydrogens is 290 g/mol. The molecule has 1 atom stereocenters. The van der Waals surface area contributed by atoms with Crippen molar-refractivity contribution in [1.82, 2.24) is 4.31 Å². The molecule has 1 aromatic heterocycles. The van der Waals surface area contributed by atoms with Crippen LogP contribution in [0.2, 0.25) is 0 Å². The van der Waals surface area contributed by atoms with E-state index in [0.29, 0.717) is 24.3 Å². The first-order valence-corrected chi connectivity index (χ1v) is 8.14. The van der Waals surface area contributed by atoms with Gasteiger partial charge in [-0.2, -0.15) is 4.31 Å². The minimum Gasteiger partial charge on any atom is -0.481 e. The van der Waals surface area contributed by atoms with Gasteiger partial charge in [0.25, 0.3) is 10.0 Å². The zero-order chi connectivity index (χ0) is 14.0. The number of carboxylic acid groups (broad SMARTS) is 1. The van der Waals surface area contributed by atoms with Crippen LogP contribution in [0.25, 0.3) is 0 Å². The standard InChI is InChI=1S/C11H15NO5S2/c13-8-2-1-5-12(7-8)19(16,17)11-4-3-9(18-11)6-10(14)15/h3-4,8,13H,1-2,5-7H2,(H,14,15)/t8-/m0/s1. The number of hydrogen-bond donors (Lipinski definition) is 2. The molecule has 0 aromatic carbocycles. The number of thiophene rings is 1. The van der Waals surface area contributed by atoms with Gasteiger partial charge in [-0.1, -0.05) is 0 Å². The number of carboxylic acids is 1. The number of carbonyl (C=O) groups is 1. The van der Waals surface area contributed by atoms with Crippen LogP contribution in [0.15, 0.2) is 16.3 Å². The van der Waals surface area contributed by atoms with Gasteiger partial charge in [0.2, 0.25) is 0 Å². The molecule has 0 radical (unpaired) electrons. The Labute approximate surface area is 115 Å². The maximum atomic E-state index is 12.3. The molecule has 2 rings (SSSR count). The average molecular weight is 305 g/mol. The summed E-state index contributed by atoms with van der Waals surface area (Å²) in [7, 11) is -3.61. The lowest BCUT2D eigenvalue weighted by atomic mass is 10.1. The fourth-order valence-corrected chi connectivity index (χ4v) is 5.02. The van der Waals surface area contributed by atoms with Crippen molar-refractivity contribution in [3.8, 4) is 0 Å². The SMILES string of the molecule is O=C(O)Cc1ccc(S(=O)(=O)N2CCC[C@H](O)C2)s1. The topological polar surface area (TPSA) is 94.9 Å². The highest BCUT2D eigenvalue weighted by Gasteiger charge is 2.30. The Balaban J connectivity index is 2.19. The lowest BCUT2D eigenvalue weighted by Gasteiger charge is -2.28. The molecule has 1 aliphatic heterocycles. The van der Waals surface area contributed by atoms with E-state index < -0.39 is 22.1 Å². The molecule has 106 valence electrons. The maximum Gasteiger partial charge on any atom is 0.308 e. The first-order chi connectivity index (χ1) is 8.89. The van der Waals surface area contributed by atoms with Crippen LogP contribution in [-0.4, -0.2) is 48.1 Å². The van der Waals surface area contributed by atoms with Crippen LogP contribution in [0.5, 0.6) is 0 Å². The molecule has 0 amide bonds. The quantitative estimate of drug-likeness (QED) is 0.845. The zero-order valence-corrected chi connectivity index (χ0v) is 11.8. The smallest absolute Gasteiger partial charge is 0.308 e. The second-order valence-electron chi connectivity index (χ2n) is 4.45. The second kappa shape index (κ2) is 5.58. The third-order valence-electron chi connectivity index (χ3n) is 2.92. The molecule has 6 nitrogen and oxygen atoms in total. The zero-order valence-electron chi connectivity index (χ0n) is 10.2. The molecule has 19 heavy (non-hydrogen) atoms. The van der Waals surface area contributed by atoms with Crippen LogP contribution >= 0.6 is 11.3 Å². The predicted octanol–water partition coefficient (Wildman–Crippen LogP) is 0.521. The summed E-state index contributed by atoms with van der Waals surface area (Å²) in [5.74, 6) is -0.987. The van der Waals surface area contributed by atoms with Gasteiger partial charge in [0.1, 0.15) is 4.21 Å². The summed E-state index contributed by atoms with van der Waals surface area (Å²) in [4.78, 5) is 11.1. The minimum atomic E-state index is -3.61. The fourth-order valence-electron chi connectivity index (χ4n) is 2.01. The molecule has 0 saturated carbocycles. The minimum absolute atomic E-state index is 0.106. The highest BCUT2D eigenvalue weighted by molar-refractivity contribution is 7.91. The van der Waals surface area contributed by atoms with E-state index >= 15 is 0 Å². The van der Waals surface area contributed by atoms with E-state index in [1.54, 1.807) is 0 Å². The van der Waals surface area contributed by atoms with Gasteiger partial charge in [-0.05, 0) is 25.0 Å². The molecular formula is C11H15NO5S2. The molecule has 8 heteroatoms. The van der Waals surface area contributed by atoms with E-state index in [-0.39, 0.29) is 17.2 Å². The van der Waals surface area contributed by atoms with Crippen molar-refractivity contribution >= 4 is 27.3 Å². The van der Waals surface area contributed by atoms with E-state index in [1.807, 2.05) is 0 Å². The van der Waals surface area contributed by atoms with Crippen LogP contribution in [0.4, 0.5) is 0 Å². The molecule has 1 saturated heterocycles. The van der Waals surface area contributed by atoms with E-state index in [0.717, 1.165) is 11.3 Å². The molecule has 1 aliphatic rings. The van der Waals surface area contributed by atoms with E-state index in [9.17, 15) is 18.3 Å². The molecule has 2 N–H and O–H groups in total. The number of sulfonamides is 1. The van der Waals surface area contributed by atoms with Crippen molar-refractivity contribution < 1.29 is 23.4 Å². The number of aliphatic hydroxyl groups is 1. The molecule has 0 unspecified atom stereocenters. The molecule has 1 aromatic rings. The third kappa shape index (κ3) is 3.33. The molecule has 0 bridgehead atoms. The van der Waals surface area contributed by atoms with Crippen LogP contribution in [-0.2, 0) is 21.2 Å². The average Bonchev–Trinajstić information content (AvgIpc) is 2.77. The Hall–Kier alpha value is -0.960. The van der Waals surface area contributed by atoms with Crippen LogP contribution in [0, 0.1) is 0 Å². The summed E-state index contributed by atoms with van der Waals surface area (Å²) in [6, 6.07) is 2.95. The van der Waals surface area contributed by atoms with Gasteiger partial charge in [-0.3, -0.25) is 4.79 Å².